The van der Waals surface area contributed by atoms with Gasteiger partial charge in [0.25, 0.3) is 0 Å². The standard InChI is InChI=1S/C30H44FNO3/c1-3-5-7-9-10-11-12-14-24-22-34-30(35-23-24)26-15-17-28(32-21-26)25-16-18-29(27(31)20-25)33-19-13-8-6-4-2/h15-18,20-21,24,30H,3-14,19,22-23H2,1-2H3. The predicted octanol–water partition coefficient (Wildman–Crippen LogP) is 8.65. The summed E-state index contributed by atoms with van der Waals surface area (Å²) in [5.41, 5.74) is 2.35. The van der Waals surface area contributed by atoms with Gasteiger partial charge in [-0.3, -0.25) is 4.98 Å². The Morgan fingerprint density at radius 2 is 1.54 bits per heavy atom. The summed E-state index contributed by atoms with van der Waals surface area (Å²) in [6, 6.07) is 8.89. The number of unbranched alkanes of at least 4 members (excludes halogenated alkanes) is 9. The molecule has 3 rings (SSSR count). The van der Waals surface area contributed by atoms with Crippen molar-refractivity contribution in [2.45, 2.75) is 97.2 Å². The quantitative estimate of drug-likeness (QED) is 0.223. The first-order valence-corrected chi connectivity index (χ1v) is 13.8. The van der Waals surface area contributed by atoms with Crippen LogP contribution in [0.3, 0.4) is 0 Å². The van der Waals surface area contributed by atoms with Gasteiger partial charge in [0.1, 0.15) is 0 Å². The Bertz CT molecular complexity index is 834. The number of ether oxygens (including phenoxy) is 3. The maximum Gasteiger partial charge on any atom is 0.185 e. The van der Waals surface area contributed by atoms with Crippen LogP contribution in [-0.4, -0.2) is 24.8 Å². The van der Waals surface area contributed by atoms with Crippen LogP contribution in [0.4, 0.5) is 4.39 Å². The molecule has 1 aliphatic rings. The number of benzene rings is 1. The van der Waals surface area contributed by atoms with E-state index < -0.39 is 0 Å². The van der Waals surface area contributed by atoms with Gasteiger partial charge in [-0.15, -0.1) is 0 Å². The zero-order valence-corrected chi connectivity index (χ0v) is 21.8. The highest BCUT2D eigenvalue weighted by Gasteiger charge is 2.23. The maximum absolute atomic E-state index is 14.5. The van der Waals surface area contributed by atoms with E-state index in [9.17, 15) is 4.39 Å². The van der Waals surface area contributed by atoms with E-state index in [2.05, 4.69) is 18.8 Å². The van der Waals surface area contributed by atoms with Gasteiger partial charge in [-0.05, 0) is 37.1 Å². The van der Waals surface area contributed by atoms with E-state index in [1.165, 1.54) is 70.3 Å². The number of halogens is 1. The Kier molecular flexibility index (Phi) is 12.5. The number of nitrogens with zero attached hydrogens (tertiary/aromatic N) is 1. The molecule has 4 nitrogen and oxygen atoms in total. The second kappa shape index (κ2) is 15.9. The van der Waals surface area contributed by atoms with Gasteiger partial charge in [-0.25, -0.2) is 4.39 Å². The molecule has 1 saturated heterocycles. The highest BCUT2D eigenvalue weighted by atomic mass is 19.1. The molecule has 0 N–H and O–H groups in total. The molecule has 0 atom stereocenters. The molecule has 2 aromatic rings. The van der Waals surface area contributed by atoms with Gasteiger partial charge in [0.2, 0.25) is 0 Å². The largest absolute Gasteiger partial charge is 0.491 e. The van der Waals surface area contributed by atoms with Crippen LogP contribution in [0.1, 0.15) is 103 Å². The number of pyridine rings is 1. The molecule has 2 heterocycles. The fraction of sp³-hybridized carbons (Fsp3) is 0.633. The van der Waals surface area contributed by atoms with Crippen molar-refractivity contribution in [1.82, 2.24) is 4.98 Å². The molecule has 0 saturated carbocycles. The summed E-state index contributed by atoms with van der Waals surface area (Å²) in [7, 11) is 0. The molecule has 1 aromatic carbocycles. The summed E-state index contributed by atoms with van der Waals surface area (Å²) in [5.74, 6) is 0.427. The second-order valence-corrected chi connectivity index (χ2v) is 9.81. The molecular weight excluding hydrogens is 441 g/mol. The number of rotatable bonds is 16. The third kappa shape index (κ3) is 9.53. The van der Waals surface area contributed by atoms with E-state index in [0.717, 1.165) is 42.9 Å². The van der Waals surface area contributed by atoms with Crippen molar-refractivity contribution in [3.63, 3.8) is 0 Å². The molecule has 1 aromatic heterocycles. The molecule has 5 heteroatoms. The highest BCUT2D eigenvalue weighted by molar-refractivity contribution is 5.60. The van der Waals surface area contributed by atoms with Crippen molar-refractivity contribution < 1.29 is 18.6 Å². The average molecular weight is 486 g/mol. The molecule has 0 aliphatic carbocycles. The van der Waals surface area contributed by atoms with Crippen LogP contribution in [-0.2, 0) is 9.47 Å². The monoisotopic (exact) mass is 485 g/mol. The third-order valence-corrected chi connectivity index (χ3v) is 6.72. The normalized spacial score (nSPS) is 18.0. The Balaban J connectivity index is 1.40. The molecule has 0 bridgehead atoms. The second-order valence-electron chi connectivity index (χ2n) is 9.81. The first-order valence-electron chi connectivity index (χ1n) is 13.8. The minimum Gasteiger partial charge on any atom is -0.491 e. The minimum atomic E-state index is -0.373. The summed E-state index contributed by atoms with van der Waals surface area (Å²) in [6.45, 7) is 6.43. The maximum atomic E-state index is 14.5. The van der Waals surface area contributed by atoms with Crippen LogP contribution in [0.25, 0.3) is 11.3 Å². The van der Waals surface area contributed by atoms with Gasteiger partial charge in [-0.2, -0.15) is 0 Å². The van der Waals surface area contributed by atoms with Crippen LogP contribution in [0.5, 0.6) is 5.75 Å². The van der Waals surface area contributed by atoms with Gasteiger partial charge >= 0.3 is 0 Å². The van der Waals surface area contributed by atoms with Gasteiger partial charge in [0.05, 0.1) is 25.5 Å². The van der Waals surface area contributed by atoms with E-state index >= 15 is 0 Å². The summed E-state index contributed by atoms with van der Waals surface area (Å²) in [6.07, 6.45) is 16.3. The van der Waals surface area contributed by atoms with Crippen LogP contribution in [0.2, 0.25) is 0 Å². The molecule has 1 fully saturated rings. The van der Waals surface area contributed by atoms with Crippen molar-refractivity contribution in [2.75, 3.05) is 19.8 Å². The van der Waals surface area contributed by atoms with Crippen LogP contribution in [0, 0.1) is 11.7 Å². The predicted molar refractivity (Wildman–Crippen MR) is 140 cm³/mol. The summed E-state index contributed by atoms with van der Waals surface area (Å²) in [5, 5.41) is 0. The molecule has 0 radical (unpaired) electrons. The molecule has 194 valence electrons. The smallest absolute Gasteiger partial charge is 0.185 e. The van der Waals surface area contributed by atoms with E-state index in [1.54, 1.807) is 12.3 Å². The molecule has 1 aliphatic heterocycles. The van der Waals surface area contributed by atoms with E-state index in [-0.39, 0.29) is 12.1 Å². The lowest BCUT2D eigenvalue weighted by molar-refractivity contribution is -0.206. The molecule has 35 heavy (non-hydrogen) atoms. The fourth-order valence-corrected chi connectivity index (χ4v) is 4.50. The molecule has 0 amide bonds. The summed E-state index contributed by atoms with van der Waals surface area (Å²) >= 11 is 0. The Morgan fingerprint density at radius 1 is 0.857 bits per heavy atom. The zero-order valence-electron chi connectivity index (χ0n) is 21.8. The van der Waals surface area contributed by atoms with Gasteiger partial charge in [-0.1, -0.05) is 84.1 Å². The molecule has 0 spiro atoms. The van der Waals surface area contributed by atoms with Gasteiger partial charge < -0.3 is 14.2 Å². The van der Waals surface area contributed by atoms with Crippen LogP contribution >= 0.6 is 0 Å². The van der Waals surface area contributed by atoms with Crippen molar-refractivity contribution in [3.8, 4) is 17.0 Å². The SMILES string of the molecule is CCCCCCCCCC1COC(c2ccc(-c3ccc(OCCCCCC)c(F)c3)nc2)OC1. The van der Waals surface area contributed by atoms with E-state index in [1.807, 2.05) is 18.2 Å². The lowest BCUT2D eigenvalue weighted by atomic mass is 10.0. The third-order valence-electron chi connectivity index (χ3n) is 6.72. The molecule has 0 unspecified atom stereocenters. The van der Waals surface area contributed by atoms with Crippen molar-refractivity contribution in [2.24, 2.45) is 5.92 Å². The van der Waals surface area contributed by atoms with E-state index in [0.29, 0.717) is 18.3 Å². The summed E-state index contributed by atoms with van der Waals surface area (Å²) in [4.78, 5) is 4.53. The van der Waals surface area contributed by atoms with Crippen molar-refractivity contribution >= 4 is 0 Å². The first kappa shape index (κ1) is 27.6. The lowest BCUT2D eigenvalue weighted by Crippen LogP contribution is -2.27. The fourth-order valence-electron chi connectivity index (χ4n) is 4.50. The zero-order chi connectivity index (χ0) is 24.7. The van der Waals surface area contributed by atoms with Gasteiger partial charge in [0, 0.05) is 23.2 Å². The minimum absolute atomic E-state index is 0.303. The first-order chi connectivity index (χ1) is 17.2. The van der Waals surface area contributed by atoms with Crippen LogP contribution < -0.4 is 4.74 Å². The topological polar surface area (TPSA) is 40.6 Å². The van der Waals surface area contributed by atoms with Crippen molar-refractivity contribution in [3.05, 3.63) is 47.9 Å². The Hall–Kier alpha value is -1.98. The number of hydrogen-bond acceptors (Lipinski definition) is 4. The van der Waals surface area contributed by atoms with Gasteiger partial charge in [0.15, 0.2) is 17.9 Å². The lowest BCUT2D eigenvalue weighted by Gasteiger charge is -2.29. The highest BCUT2D eigenvalue weighted by Crippen LogP contribution is 2.29. The number of aromatic nitrogens is 1. The van der Waals surface area contributed by atoms with E-state index in [4.69, 9.17) is 14.2 Å². The van der Waals surface area contributed by atoms with Crippen LogP contribution in [0.15, 0.2) is 36.5 Å². The number of hydrogen-bond donors (Lipinski definition) is 0. The Morgan fingerprint density at radius 3 is 2.20 bits per heavy atom. The Labute approximate surface area is 211 Å². The summed E-state index contributed by atoms with van der Waals surface area (Å²) < 4.78 is 32.1. The molecular formula is C30H44FNO3. The van der Waals surface area contributed by atoms with Crippen molar-refractivity contribution in [1.29, 1.82) is 0 Å². The average Bonchev–Trinajstić information content (AvgIpc) is 2.89.